The van der Waals surface area contributed by atoms with E-state index < -0.39 is 0 Å². The summed E-state index contributed by atoms with van der Waals surface area (Å²) in [7, 11) is 0. The van der Waals surface area contributed by atoms with Crippen LogP contribution in [0.2, 0.25) is 0 Å². The van der Waals surface area contributed by atoms with Gasteiger partial charge in [0.25, 0.3) is 0 Å². The van der Waals surface area contributed by atoms with Gasteiger partial charge in [-0.25, -0.2) is 4.98 Å². The topological polar surface area (TPSA) is 44.4 Å². The van der Waals surface area contributed by atoms with Gasteiger partial charge in [-0.1, -0.05) is 6.07 Å². The largest absolute Gasteiger partial charge is 0.379 e. The molecule has 0 bridgehead atoms. The van der Waals surface area contributed by atoms with Crippen LogP contribution in [0.5, 0.6) is 0 Å². The lowest BCUT2D eigenvalue weighted by Crippen LogP contribution is -2.48. The molecule has 148 valence electrons. The van der Waals surface area contributed by atoms with Crippen molar-refractivity contribution in [2.24, 2.45) is 0 Å². The number of nitrogens with zero attached hydrogens (tertiary/aromatic N) is 3. The summed E-state index contributed by atoms with van der Waals surface area (Å²) in [6.45, 7) is 9.44. The first kappa shape index (κ1) is 18.3. The number of nitrogens with one attached hydrogen (secondary N) is 1. The lowest BCUT2D eigenvalue weighted by Gasteiger charge is -2.40. The van der Waals surface area contributed by atoms with Crippen LogP contribution in [-0.2, 0) is 11.3 Å². The molecule has 3 aromatic heterocycles. The second kappa shape index (κ2) is 7.95. The molecule has 2 fully saturated rings. The smallest absolute Gasteiger partial charge is 0.138 e. The predicted molar refractivity (Wildman–Crippen MR) is 115 cm³/mol. The SMILES string of the molecule is Cc1cnc2[nH]c(-c3cccs3)c(CN3CCC(N4CCOCC4)CC3)c2c1. The van der Waals surface area contributed by atoms with Crippen molar-refractivity contribution in [1.29, 1.82) is 0 Å². The minimum absolute atomic E-state index is 0.726. The highest BCUT2D eigenvalue weighted by atomic mass is 32.1. The van der Waals surface area contributed by atoms with Crippen molar-refractivity contribution < 1.29 is 4.74 Å². The maximum Gasteiger partial charge on any atom is 0.138 e. The monoisotopic (exact) mass is 396 g/mol. The molecule has 28 heavy (non-hydrogen) atoms. The molecule has 0 atom stereocenters. The summed E-state index contributed by atoms with van der Waals surface area (Å²) >= 11 is 1.79. The fraction of sp³-hybridized carbons (Fsp3) is 0.500. The molecule has 0 amide bonds. The molecule has 0 spiro atoms. The third-order valence-corrected chi connectivity index (χ3v) is 7.05. The van der Waals surface area contributed by atoms with Crippen LogP contribution in [0.25, 0.3) is 21.6 Å². The zero-order valence-corrected chi connectivity index (χ0v) is 17.3. The highest BCUT2D eigenvalue weighted by Crippen LogP contribution is 2.34. The molecule has 0 aliphatic carbocycles. The fourth-order valence-corrected chi connectivity index (χ4v) is 5.38. The molecule has 2 aliphatic heterocycles. The standard InChI is InChI=1S/C22H28N4OS/c1-16-13-18-19(21(20-3-2-12-28-20)24-22(18)23-14-16)15-25-6-4-17(5-7-25)26-8-10-27-11-9-26/h2-3,12-14,17H,4-11,15H2,1H3,(H,23,24). The van der Waals surface area contributed by atoms with Gasteiger partial charge in [0.2, 0.25) is 0 Å². The summed E-state index contributed by atoms with van der Waals surface area (Å²) in [6, 6.07) is 7.34. The van der Waals surface area contributed by atoms with Crippen LogP contribution in [0.1, 0.15) is 24.0 Å². The molecule has 5 nitrogen and oxygen atoms in total. The van der Waals surface area contributed by atoms with E-state index in [1.54, 1.807) is 11.3 Å². The van der Waals surface area contributed by atoms with Crippen molar-refractivity contribution in [2.75, 3.05) is 39.4 Å². The zero-order valence-electron chi connectivity index (χ0n) is 16.5. The number of hydrogen-bond acceptors (Lipinski definition) is 5. The number of morpholine rings is 1. The molecule has 0 aromatic carbocycles. The first-order valence-corrected chi connectivity index (χ1v) is 11.2. The van der Waals surface area contributed by atoms with E-state index >= 15 is 0 Å². The maximum absolute atomic E-state index is 5.52. The Labute approximate surface area is 170 Å². The van der Waals surface area contributed by atoms with E-state index in [1.165, 1.54) is 39.9 Å². The number of ether oxygens (including phenoxy) is 1. The van der Waals surface area contributed by atoms with E-state index in [4.69, 9.17) is 4.74 Å². The maximum atomic E-state index is 5.52. The fourth-order valence-electron chi connectivity index (χ4n) is 4.63. The number of pyridine rings is 1. The summed E-state index contributed by atoms with van der Waals surface area (Å²) in [5, 5.41) is 3.43. The van der Waals surface area contributed by atoms with Crippen molar-refractivity contribution in [3.8, 4) is 10.6 Å². The molecule has 2 saturated heterocycles. The lowest BCUT2D eigenvalue weighted by molar-refractivity contribution is 0.000274. The molecule has 1 N–H and O–H groups in total. The van der Waals surface area contributed by atoms with Gasteiger partial charge in [0.15, 0.2) is 0 Å². The Morgan fingerprint density at radius 2 is 2.04 bits per heavy atom. The van der Waals surface area contributed by atoms with Crippen molar-refractivity contribution in [2.45, 2.75) is 32.4 Å². The third-order valence-electron chi connectivity index (χ3n) is 6.16. The van der Waals surface area contributed by atoms with Crippen molar-refractivity contribution in [3.63, 3.8) is 0 Å². The molecule has 5 heterocycles. The van der Waals surface area contributed by atoms with Crippen LogP contribution < -0.4 is 0 Å². The quantitative estimate of drug-likeness (QED) is 0.727. The highest BCUT2D eigenvalue weighted by molar-refractivity contribution is 7.13. The third kappa shape index (κ3) is 3.62. The lowest BCUT2D eigenvalue weighted by atomic mass is 10.0. The van der Waals surface area contributed by atoms with Crippen LogP contribution in [0.4, 0.5) is 0 Å². The molecule has 6 heteroatoms. The second-order valence-electron chi connectivity index (χ2n) is 8.02. The van der Waals surface area contributed by atoms with Crippen LogP contribution in [0.15, 0.2) is 29.8 Å². The number of rotatable bonds is 4. The van der Waals surface area contributed by atoms with E-state index in [9.17, 15) is 0 Å². The summed E-state index contributed by atoms with van der Waals surface area (Å²) in [5.41, 5.74) is 4.88. The van der Waals surface area contributed by atoms with Crippen LogP contribution in [0, 0.1) is 6.92 Å². The van der Waals surface area contributed by atoms with E-state index in [-0.39, 0.29) is 0 Å². The molecular formula is C22H28N4OS. The molecule has 0 unspecified atom stereocenters. The Bertz CT molecular complexity index is 922. The number of likely N-dealkylation sites (tertiary alicyclic amines) is 1. The number of aromatic amines is 1. The minimum atomic E-state index is 0.726. The van der Waals surface area contributed by atoms with Crippen molar-refractivity contribution in [1.82, 2.24) is 19.8 Å². The first-order valence-electron chi connectivity index (χ1n) is 10.3. The van der Waals surface area contributed by atoms with E-state index in [2.05, 4.69) is 50.3 Å². The Kier molecular flexibility index (Phi) is 5.20. The average Bonchev–Trinajstić information content (AvgIpc) is 3.38. The minimum Gasteiger partial charge on any atom is -0.379 e. The normalized spacial score (nSPS) is 20.2. The van der Waals surface area contributed by atoms with Crippen molar-refractivity contribution in [3.05, 3.63) is 40.9 Å². The molecule has 0 saturated carbocycles. The number of fused-ring (bicyclic) bond motifs is 1. The number of aromatic nitrogens is 2. The molecular weight excluding hydrogens is 368 g/mol. The number of hydrogen-bond donors (Lipinski definition) is 1. The van der Waals surface area contributed by atoms with Gasteiger partial charge < -0.3 is 9.72 Å². The number of H-pyrrole nitrogens is 1. The highest BCUT2D eigenvalue weighted by Gasteiger charge is 2.27. The van der Waals surface area contributed by atoms with Gasteiger partial charge in [0, 0.05) is 42.8 Å². The summed E-state index contributed by atoms with van der Waals surface area (Å²) in [5.74, 6) is 0. The Hall–Kier alpha value is -1.73. The summed E-state index contributed by atoms with van der Waals surface area (Å²) < 4.78 is 5.52. The number of piperidine rings is 1. The zero-order chi connectivity index (χ0) is 18.9. The van der Waals surface area contributed by atoms with Crippen LogP contribution >= 0.6 is 11.3 Å². The summed E-state index contributed by atoms with van der Waals surface area (Å²) in [6.07, 6.45) is 4.47. The van der Waals surface area contributed by atoms with E-state index in [1.807, 2.05) is 6.20 Å². The van der Waals surface area contributed by atoms with Gasteiger partial charge in [-0.15, -0.1) is 11.3 Å². The van der Waals surface area contributed by atoms with Crippen LogP contribution in [-0.4, -0.2) is 65.2 Å². The number of thiophene rings is 1. The molecule has 3 aromatic rings. The van der Waals surface area contributed by atoms with Gasteiger partial charge in [0.1, 0.15) is 5.65 Å². The Morgan fingerprint density at radius 3 is 2.79 bits per heavy atom. The number of aryl methyl sites for hydroxylation is 1. The summed E-state index contributed by atoms with van der Waals surface area (Å²) in [4.78, 5) is 14.8. The Balaban J connectivity index is 1.36. The average molecular weight is 397 g/mol. The Morgan fingerprint density at radius 1 is 1.21 bits per heavy atom. The van der Waals surface area contributed by atoms with Crippen LogP contribution in [0.3, 0.4) is 0 Å². The van der Waals surface area contributed by atoms with E-state index in [0.29, 0.717) is 0 Å². The van der Waals surface area contributed by atoms with Gasteiger partial charge in [-0.05, 0) is 55.9 Å². The van der Waals surface area contributed by atoms with Gasteiger partial charge in [-0.2, -0.15) is 0 Å². The van der Waals surface area contributed by atoms with Gasteiger partial charge >= 0.3 is 0 Å². The van der Waals surface area contributed by atoms with Gasteiger partial charge in [-0.3, -0.25) is 9.80 Å². The first-order chi connectivity index (χ1) is 13.8. The molecule has 0 radical (unpaired) electrons. The van der Waals surface area contributed by atoms with Crippen molar-refractivity contribution >= 4 is 22.4 Å². The van der Waals surface area contributed by atoms with Gasteiger partial charge in [0.05, 0.1) is 23.8 Å². The van der Waals surface area contributed by atoms with E-state index in [0.717, 1.165) is 57.6 Å². The second-order valence-corrected chi connectivity index (χ2v) is 8.97. The molecule has 2 aliphatic rings. The predicted octanol–water partition coefficient (Wildman–Crippen LogP) is 3.90. The molecule has 5 rings (SSSR count).